The van der Waals surface area contributed by atoms with Crippen LogP contribution in [0.2, 0.25) is 0 Å². The molecule has 1 heterocycles. The van der Waals surface area contributed by atoms with Gasteiger partial charge in [0, 0.05) is 18.0 Å². The number of carbonyl (C=O) groups is 2. The van der Waals surface area contributed by atoms with Gasteiger partial charge in [-0.3, -0.25) is 9.78 Å². The van der Waals surface area contributed by atoms with Crippen molar-refractivity contribution in [3.05, 3.63) is 30.1 Å². The fourth-order valence-electron chi connectivity index (χ4n) is 0.913. The van der Waals surface area contributed by atoms with E-state index < -0.39 is 18.1 Å². The summed E-state index contributed by atoms with van der Waals surface area (Å²) in [5.41, 5.74) is 0.737. The molecule has 0 spiro atoms. The van der Waals surface area contributed by atoms with Crippen LogP contribution in [0.4, 0.5) is 4.79 Å². The number of rotatable bonds is 4. The van der Waals surface area contributed by atoms with Crippen molar-refractivity contribution in [2.24, 2.45) is 0 Å². The van der Waals surface area contributed by atoms with Crippen molar-refractivity contribution in [1.29, 1.82) is 0 Å². The lowest BCUT2D eigenvalue weighted by atomic mass is 10.3. The lowest BCUT2D eigenvalue weighted by Crippen LogP contribution is -2.38. The number of carboxylic acids is 1. The van der Waals surface area contributed by atoms with Crippen LogP contribution in [0.25, 0.3) is 0 Å². The topological polar surface area (TPSA) is 88.5 Å². The van der Waals surface area contributed by atoms with Crippen molar-refractivity contribution in [2.75, 3.05) is 0 Å². The molecule has 0 radical (unpaired) electrons. The summed E-state index contributed by atoms with van der Waals surface area (Å²) in [5.74, 6) is -1.11. The Morgan fingerprint density at radius 2 is 2.38 bits per heavy atom. The molecule has 6 nitrogen and oxygen atoms in total. The smallest absolute Gasteiger partial charge is 0.408 e. The highest BCUT2D eigenvalue weighted by atomic mass is 16.5. The maximum Gasteiger partial charge on any atom is 0.408 e. The number of carboxylic acid groups (broad SMARTS) is 1. The molecule has 1 aromatic rings. The van der Waals surface area contributed by atoms with Gasteiger partial charge in [-0.1, -0.05) is 6.07 Å². The number of nitrogens with one attached hydrogen (secondary N) is 1. The van der Waals surface area contributed by atoms with Crippen LogP contribution in [0.15, 0.2) is 24.5 Å². The minimum atomic E-state index is -1.11. The number of ether oxygens (including phenoxy) is 1. The van der Waals surface area contributed by atoms with Gasteiger partial charge < -0.3 is 15.2 Å². The number of aromatic nitrogens is 1. The first-order valence-corrected chi connectivity index (χ1v) is 4.64. The number of hydrogen-bond acceptors (Lipinski definition) is 4. The number of alkyl carbamates (subject to hydrolysis) is 1. The highest BCUT2D eigenvalue weighted by molar-refractivity contribution is 5.79. The van der Waals surface area contributed by atoms with Gasteiger partial charge in [-0.15, -0.1) is 0 Å². The molecule has 0 aliphatic carbocycles. The number of amides is 1. The lowest BCUT2D eigenvalue weighted by Gasteiger charge is -2.09. The average molecular weight is 224 g/mol. The largest absolute Gasteiger partial charge is 0.480 e. The number of aliphatic carboxylic acids is 1. The van der Waals surface area contributed by atoms with E-state index in [1.54, 1.807) is 24.5 Å². The minimum Gasteiger partial charge on any atom is -0.480 e. The van der Waals surface area contributed by atoms with E-state index >= 15 is 0 Å². The molecule has 1 atom stereocenters. The summed E-state index contributed by atoms with van der Waals surface area (Å²) in [6, 6.07) is 2.50. The monoisotopic (exact) mass is 224 g/mol. The summed E-state index contributed by atoms with van der Waals surface area (Å²) in [4.78, 5) is 25.4. The number of pyridine rings is 1. The van der Waals surface area contributed by atoms with E-state index in [4.69, 9.17) is 9.84 Å². The number of carbonyl (C=O) groups excluding carboxylic acids is 1. The van der Waals surface area contributed by atoms with Gasteiger partial charge in [0.05, 0.1) is 0 Å². The maximum atomic E-state index is 11.1. The zero-order valence-electron chi connectivity index (χ0n) is 8.71. The molecule has 2 N–H and O–H groups in total. The molecule has 0 fully saturated rings. The van der Waals surface area contributed by atoms with Gasteiger partial charge in [0.15, 0.2) is 0 Å². The van der Waals surface area contributed by atoms with Crippen molar-refractivity contribution in [1.82, 2.24) is 10.3 Å². The standard InChI is InChI=1S/C10H12N2O4/c1-7(9(13)14)12-10(15)16-6-8-3-2-4-11-5-8/h2-5,7H,6H2,1H3,(H,12,15)(H,13,14)/t7-/m0/s1. The van der Waals surface area contributed by atoms with Crippen LogP contribution >= 0.6 is 0 Å². The molecule has 1 amide bonds. The number of hydrogen-bond donors (Lipinski definition) is 2. The van der Waals surface area contributed by atoms with Gasteiger partial charge in [0.25, 0.3) is 0 Å². The second kappa shape index (κ2) is 5.69. The molecule has 1 aromatic heterocycles. The third-order valence-electron chi connectivity index (χ3n) is 1.80. The first kappa shape index (κ1) is 12.0. The fourth-order valence-corrected chi connectivity index (χ4v) is 0.913. The van der Waals surface area contributed by atoms with Gasteiger partial charge in [-0.2, -0.15) is 0 Å². The van der Waals surface area contributed by atoms with Crippen molar-refractivity contribution in [3.63, 3.8) is 0 Å². The molecular weight excluding hydrogens is 212 g/mol. The predicted octanol–water partition coefficient (Wildman–Crippen LogP) is 0.781. The van der Waals surface area contributed by atoms with E-state index in [1.165, 1.54) is 6.92 Å². The zero-order valence-corrected chi connectivity index (χ0v) is 8.71. The molecule has 16 heavy (non-hydrogen) atoms. The second-order valence-electron chi connectivity index (χ2n) is 3.14. The van der Waals surface area contributed by atoms with Crippen molar-refractivity contribution >= 4 is 12.1 Å². The Morgan fingerprint density at radius 3 is 2.94 bits per heavy atom. The van der Waals surface area contributed by atoms with E-state index in [0.717, 1.165) is 5.56 Å². The van der Waals surface area contributed by atoms with E-state index in [-0.39, 0.29) is 6.61 Å². The molecule has 0 aliphatic heterocycles. The Hall–Kier alpha value is -2.11. The van der Waals surface area contributed by atoms with Crippen LogP contribution < -0.4 is 5.32 Å². The third-order valence-corrected chi connectivity index (χ3v) is 1.80. The molecule has 0 saturated heterocycles. The van der Waals surface area contributed by atoms with Gasteiger partial charge in [-0.05, 0) is 13.0 Å². The molecule has 86 valence electrons. The predicted molar refractivity (Wildman–Crippen MR) is 54.7 cm³/mol. The van der Waals surface area contributed by atoms with E-state index in [9.17, 15) is 9.59 Å². The first-order valence-electron chi connectivity index (χ1n) is 4.64. The molecule has 0 aliphatic rings. The average Bonchev–Trinajstić information content (AvgIpc) is 2.27. The second-order valence-corrected chi connectivity index (χ2v) is 3.14. The molecular formula is C10H12N2O4. The highest BCUT2D eigenvalue weighted by Gasteiger charge is 2.14. The summed E-state index contributed by atoms with van der Waals surface area (Å²) >= 11 is 0. The Labute approximate surface area is 92.3 Å². The third kappa shape index (κ3) is 3.95. The van der Waals surface area contributed by atoms with Crippen LogP contribution in [-0.4, -0.2) is 28.2 Å². The Balaban J connectivity index is 2.33. The Bertz CT molecular complexity index is 366. The van der Waals surface area contributed by atoms with E-state index in [2.05, 4.69) is 10.3 Å². The fraction of sp³-hybridized carbons (Fsp3) is 0.300. The highest BCUT2D eigenvalue weighted by Crippen LogP contribution is 1.98. The van der Waals surface area contributed by atoms with Crippen LogP contribution in [0.1, 0.15) is 12.5 Å². The molecule has 1 rings (SSSR count). The lowest BCUT2D eigenvalue weighted by molar-refractivity contribution is -0.138. The van der Waals surface area contributed by atoms with E-state index in [0.29, 0.717) is 0 Å². The van der Waals surface area contributed by atoms with Gasteiger partial charge in [-0.25, -0.2) is 4.79 Å². The molecule has 0 aromatic carbocycles. The summed E-state index contributed by atoms with van der Waals surface area (Å²) in [7, 11) is 0. The van der Waals surface area contributed by atoms with Crippen molar-refractivity contribution in [3.8, 4) is 0 Å². The van der Waals surface area contributed by atoms with Gasteiger partial charge in [0.2, 0.25) is 0 Å². The van der Waals surface area contributed by atoms with Crippen LogP contribution in [0.5, 0.6) is 0 Å². The van der Waals surface area contributed by atoms with Crippen molar-refractivity contribution in [2.45, 2.75) is 19.6 Å². The first-order chi connectivity index (χ1) is 7.59. The van der Waals surface area contributed by atoms with Crippen molar-refractivity contribution < 1.29 is 19.4 Å². The molecule has 0 saturated carbocycles. The quantitative estimate of drug-likeness (QED) is 0.789. The summed E-state index contributed by atoms with van der Waals surface area (Å²) in [5, 5.41) is 10.7. The normalized spacial score (nSPS) is 11.6. The minimum absolute atomic E-state index is 0.0615. The molecule has 6 heteroatoms. The zero-order chi connectivity index (χ0) is 12.0. The van der Waals surface area contributed by atoms with Gasteiger partial charge >= 0.3 is 12.1 Å². The van der Waals surface area contributed by atoms with Crippen LogP contribution in [0, 0.1) is 0 Å². The Morgan fingerprint density at radius 1 is 1.62 bits per heavy atom. The summed E-state index contributed by atoms with van der Waals surface area (Å²) < 4.78 is 4.80. The number of nitrogens with zero attached hydrogens (tertiary/aromatic N) is 1. The molecule has 0 bridgehead atoms. The van der Waals surface area contributed by atoms with Crippen LogP contribution in [-0.2, 0) is 16.1 Å². The Kier molecular flexibility index (Phi) is 4.26. The van der Waals surface area contributed by atoms with Crippen LogP contribution in [0.3, 0.4) is 0 Å². The summed E-state index contributed by atoms with van der Waals surface area (Å²) in [6.45, 7) is 1.42. The maximum absolute atomic E-state index is 11.1. The van der Waals surface area contributed by atoms with E-state index in [1.807, 2.05) is 0 Å². The SMILES string of the molecule is C[C@H](NC(=O)OCc1cccnc1)C(=O)O. The van der Waals surface area contributed by atoms with Gasteiger partial charge in [0.1, 0.15) is 12.6 Å². The molecule has 0 unspecified atom stereocenters. The summed E-state index contributed by atoms with van der Waals surface area (Å²) in [6.07, 6.45) is 2.41.